The minimum Gasteiger partial charge on any atom is -0.491 e. The summed E-state index contributed by atoms with van der Waals surface area (Å²) in [6.45, 7) is 4.52. The summed E-state index contributed by atoms with van der Waals surface area (Å²) in [5.41, 5.74) is 2.07. The van der Waals surface area contributed by atoms with Crippen LogP contribution in [0.3, 0.4) is 0 Å². The van der Waals surface area contributed by atoms with Crippen LogP contribution in [-0.2, 0) is 4.74 Å². The standard InChI is InChI=1S/C19H21ClO3/c1-13-3-7-15(8-4-13)21-12-18-17(11-19(20)23-18)22-16-9-5-14(2)6-10-16/h3-10,17-19H,11-12H2,1-2H3/t17-,18+,19?/m0/s1. The van der Waals surface area contributed by atoms with E-state index in [4.69, 9.17) is 25.8 Å². The first-order valence-electron chi connectivity index (χ1n) is 7.82. The van der Waals surface area contributed by atoms with Crippen molar-refractivity contribution in [2.45, 2.75) is 38.0 Å². The van der Waals surface area contributed by atoms with Crippen LogP contribution in [0.1, 0.15) is 17.5 Å². The van der Waals surface area contributed by atoms with Crippen molar-refractivity contribution in [2.75, 3.05) is 6.61 Å². The first kappa shape index (κ1) is 16.2. The molecule has 0 aliphatic carbocycles. The lowest BCUT2D eigenvalue weighted by Crippen LogP contribution is -2.32. The molecule has 23 heavy (non-hydrogen) atoms. The van der Waals surface area contributed by atoms with Crippen molar-refractivity contribution in [1.29, 1.82) is 0 Å². The minimum absolute atomic E-state index is 0.106. The van der Waals surface area contributed by atoms with Crippen LogP contribution in [0.25, 0.3) is 0 Å². The number of hydrogen-bond donors (Lipinski definition) is 0. The van der Waals surface area contributed by atoms with E-state index in [1.165, 1.54) is 11.1 Å². The van der Waals surface area contributed by atoms with E-state index >= 15 is 0 Å². The average Bonchev–Trinajstić information content (AvgIpc) is 2.89. The Kier molecular flexibility index (Phi) is 5.09. The molecule has 3 nitrogen and oxygen atoms in total. The summed E-state index contributed by atoms with van der Waals surface area (Å²) < 4.78 is 17.6. The van der Waals surface area contributed by atoms with Gasteiger partial charge in [0.2, 0.25) is 0 Å². The molecule has 0 aromatic heterocycles. The Balaban J connectivity index is 1.60. The zero-order chi connectivity index (χ0) is 16.2. The fraction of sp³-hybridized carbons (Fsp3) is 0.368. The summed E-state index contributed by atoms with van der Waals surface area (Å²) in [6.07, 6.45) is 0.364. The van der Waals surface area contributed by atoms with Gasteiger partial charge in [0.1, 0.15) is 35.9 Å². The van der Waals surface area contributed by atoms with E-state index in [1.807, 2.05) is 55.5 Å². The third kappa shape index (κ3) is 4.40. The molecule has 4 heteroatoms. The number of alkyl halides is 1. The molecule has 0 saturated carbocycles. The van der Waals surface area contributed by atoms with Crippen molar-refractivity contribution < 1.29 is 14.2 Å². The Morgan fingerprint density at radius 3 is 2.13 bits per heavy atom. The third-order valence-electron chi connectivity index (χ3n) is 3.90. The maximum absolute atomic E-state index is 6.14. The lowest BCUT2D eigenvalue weighted by atomic mass is 10.2. The van der Waals surface area contributed by atoms with Crippen LogP contribution in [0.2, 0.25) is 0 Å². The Bertz CT molecular complexity index is 624. The number of benzene rings is 2. The molecule has 1 aliphatic heterocycles. The van der Waals surface area contributed by atoms with Gasteiger partial charge in [-0.3, -0.25) is 0 Å². The summed E-state index contributed by atoms with van der Waals surface area (Å²) >= 11 is 6.14. The highest BCUT2D eigenvalue weighted by Gasteiger charge is 2.36. The lowest BCUT2D eigenvalue weighted by molar-refractivity contribution is 0.0107. The predicted octanol–water partition coefficient (Wildman–Crippen LogP) is 4.48. The molecule has 1 fully saturated rings. The number of ether oxygens (including phenoxy) is 3. The summed E-state index contributed by atoms with van der Waals surface area (Å²) in [4.78, 5) is 0. The van der Waals surface area contributed by atoms with Gasteiger partial charge in [-0.2, -0.15) is 0 Å². The second-order valence-electron chi connectivity index (χ2n) is 5.91. The Morgan fingerprint density at radius 1 is 0.957 bits per heavy atom. The number of halogens is 1. The molecule has 122 valence electrons. The van der Waals surface area contributed by atoms with Crippen molar-refractivity contribution in [2.24, 2.45) is 0 Å². The van der Waals surface area contributed by atoms with E-state index in [-0.39, 0.29) is 17.8 Å². The molecular formula is C19H21ClO3. The number of rotatable bonds is 5. The molecular weight excluding hydrogens is 312 g/mol. The summed E-state index contributed by atoms with van der Waals surface area (Å²) in [6, 6.07) is 16.0. The molecule has 1 aliphatic rings. The number of hydrogen-bond acceptors (Lipinski definition) is 3. The zero-order valence-electron chi connectivity index (χ0n) is 13.4. The first-order chi connectivity index (χ1) is 11.1. The van der Waals surface area contributed by atoms with Crippen LogP contribution in [0.15, 0.2) is 48.5 Å². The second-order valence-corrected chi connectivity index (χ2v) is 6.40. The van der Waals surface area contributed by atoms with E-state index in [0.717, 1.165) is 11.5 Å². The smallest absolute Gasteiger partial charge is 0.135 e. The topological polar surface area (TPSA) is 27.7 Å². The fourth-order valence-electron chi connectivity index (χ4n) is 2.54. The van der Waals surface area contributed by atoms with Gasteiger partial charge in [0.25, 0.3) is 0 Å². The largest absolute Gasteiger partial charge is 0.491 e. The van der Waals surface area contributed by atoms with Crippen LogP contribution in [-0.4, -0.2) is 24.4 Å². The molecule has 1 unspecified atom stereocenters. The molecule has 3 atom stereocenters. The van der Waals surface area contributed by atoms with Crippen molar-refractivity contribution >= 4 is 11.6 Å². The van der Waals surface area contributed by atoms with E-state index in [2.05, 4.69) is 6.92 Å². The summed E-state index contributed by atoms with van der Waals surface area (Å²) in [5, 5.41) is 0. The highest BCUT2D eigenvalue weighted by atomic mass is 35.5. The fourth-order valence-corrected chi connectivity index (χ4v) is 2.85. The van der Waals surface area contributed by atoms with E-state index < -0.39 is 0 Å². The van der Waals surface area contributed by atoms with Crippen molar-refractivity contribution in [3.8, 4) is 11.5 Å². The normalized spacial score (nSPS) is 23.7. The molecule has 2 aromatic rings. The SMILES string of the molecule is Cc1ccc(OC[C@H]2OC(Cl)C[C@@H]2Oc2ccc(C)cc2)cc1. The maximum atomic E-state index is 6.14. The van der Waals surface area contributed by atoms with Gasteiger partial charge in [-0.1, -0.05) is 47.0 Å². The average molecular weight is 333 g/mol. The van der Waals surface area contributed by atoms with Crippen LogP contribution < -0.4 is 9.47 Å². The zero-order valence-corrected chi connectivity index (χ0v) is 14.1. The Hall–Kier alpha value is -1.71. The predicted molar refractivity (Wildman–Crippen MR) is 91.4 cm³/mol. The van der Waals surface area contributed by atoms with Crippen LogP contribution in [0.5, 0.6) is 11.5 Å². The first-order valence-corrected chi connectivity index (χ1v) is 8.26. The second kappa shape index (κ2) is 7.24. The quantitative estimate of drug-likeness (QED) is 0.755. The van der Waals surface area contributed by atoms with E-state index in [1.54, 1.807) is 0 Å². The molecule has 0 spiro atoms. The number of aryl methyl sites for hydroxylation is 2. The summed E-state index contributed by atoms with van der Waals surface area (Å²) in [5.74, 6) is 1.65. The molecule has 2 aromatic carbocycles. The summed E-state index contributed by atoms with van der Waals surface area (Å²) in [7, 11) is 0. The van der Waals surface area contributed by atoms with Crippen molar-refractivity contribution in [3.05, 3.63) is 59.7 Å². The molecule has 0 bridgehead atoms. The Morgan fingerprint density at radius 2 is 1.52 bits per heavy atom. The van der Waals surface area contributed by atoms with E-state index in [0.29, 0.717) is 13.0 Å². The monoisotopic (exact) mass is 332 g/mol. The van der Waals surface area contributed by atoms with Crippen molar-refractivity contribution in [3.63, 3.8) is 0 Å². The van der Waals surface area contributed by atoms with Crippen LogP contribution in [0.4, 0.5) is 0 Å². The van der Waals surface area contributed by atoms with E-state index in [9.17, 15) is 0 Å². The van der Waals surface area contributed by atoms with Gasteiger partial charge in [0.05, 0.1) is 0 Å². The van der Waals surface area contributed by atoms with Gasteiger partial charge in [0.15, 0.2) is 0 Å². The van der Waals surface area contributed by atoms with Crippen LogP contribution in [0, 0.1) is 13.8 Å². The van der Waals surface area contributed by atoms with Crippen LogP contribution >= 0.6 is 11.6 Å². The highest BCUT2D eigenvalue weighted by molar-refractivity contribution is 6.19. The van der Waals surface area contributed by atoms with Gasteiger partial charge in [-0.25, -0.2) is 0 Å². The molecule has 0 N–H and O–H groups in total. The van der Waals surface area contributed by atoms with Gasteiger partial charge in [-0.15, -0.1) is 0 Å². The lowest BCUT2D eigenvalue weighted by Gasteiger charge is -2.20. The molecule has 0 amide bonds. The maximum Gasteiger partial charge on any atom is 0.135 e. The van der Waals surface area contributed by atoms with Gasteiger partial charge < -0.3 is 14.2 Å². The molecule has 3 rings (SSSR count). The third-order valence-corrected chi connectivity index (χ3v) is 4.18. The molecule has 1 heterocycles. The van der Waals surface area contributed by atoms with Gasteiger partial charge >= 0.3 is 0 Å². The molecule has 0 radical (unpaired) electrons. The highest BCUT2D eigenvalue weighted by Crippen LogP contribution is 2.28. The van der Waals surface area contributed by atoms with Gasteiger partial charge in [0, 0.05) is 6.42 Å². The molecule has 1 saturated heterocycles. The van der Waals surface area contributed by atoms with Gasteiger partial charge in [-0.05, 0) is 38.1 Å². The van der Waals surface area contributed by atoms with Crippen molar-refractivity contribution in [1.82, 2.24) is 0 Å². The Labute approximate surface area is 142 Å². The minimum atomic E-state index is -0.336.